The smallest absolute Gasteiger partial charge is 0.0695 e. The summed E-state index contributed by atoms with van der Waals surface area (Å²) in [7, 11) is 0. The van der Waals surface area contributed by atoms with Crippen molar-refractivity contribution in [3.8, 4) is 0 Å². The molecule has 0 aromatic rings. The first-order valence-electron chi connectivity index (χ1n) is 6.70. The molecule has 1 unspecified atom stereocenters. The molecule has 1 heterocycles. The van der Waals surface area contributed by atoms with Gasteiger partial charge in [0.2, 0.25) is 0 Å². The summed E-state index contributed by atoms with van der Waals surface area (Å²) in [5.74, 6) is 1.60. The zero-order valence-corrected chi connectivity index (χ0v) is 9.99. The van der Waals surface area contributed by atoms with Gasteiger partial charge in [-0.15, -0.1) is 0 Å². The number of aliphatic hydroxyl groups is 1. The molecule has 0 bridgehead atoms. The molecule has 88 valence electrons. The number of nitrogens with zero attached hydrogens (tertiary/aromatic N) is 1. The predicted octanol–water partition coefficient (Wildman–Crippen LogP) is 2.27. The molecule has 0 radical (unpaired) electrons. The minimum atomic E-state index is -0.0345. The highest BCUT2D eigenvalue weighted by atomic mass is 16.3. The van der Waals surface area contributed by atoms with E-state index < -0.39 is 0 Å². The van der Waals surface area contributed by atoms with Crippen molar-refractivity contribution in [3.63, 3.8) is 0 Å². The molecular weight excluding hydrogens is 186 g/mol. The van der Waals surface area contributed by atoms with Gasteiger partial charge in [0, 0.05) is 6.54 Å². The fourth-order valence-corrected chi connectivity index (χ4v) is 2.76. The molecule has 2 fully saturated rings. The average molecular weight is 211 g/mol. The first kappa shape index (κ1) is 11.4. The molecule has 1 saturated carbocycles. The summed E-state index contributed by atoms with van der Waals surface area (Å²) in [6.07, 6.45) is 7.92. The van der Waals surface area contributed by atoms with Crippen molar-refractivity contribution in [2.24, 2.45) is 11.8 Å². The van der Waals surface area contributed by atoms with Gasteiger partial charge in [-0.25, -0.2) is 0 Å². The van der Waals surface area contributed by atoms with Crippen LogP contribution in [-0.2, 0) is 0 Å². The van der Waals surface area contributed by atoms with Crippen LogP contribution in [0.1, 0.15) is 45.4 Å². The number of rotatable bonds is 5. The minimum Gasteiger partial charge on any atom is -0.392 e. The van der Waals surface area contributed by atoms with Crippen molar-refractivity contribution < 1.29 is 5.11 Å². The van der Waals surface area contributed by atoms with Gasteiger partial charge in [-0.2, -0.15) is 0 Å². The highest BCUT2D eigenvalue weighted by Crippen LogP contribution is 2.33. The zero-order chi connectivity index (χ0) is 10.7. The lowest BCUT2D eigenvalue weighted by Gasteiger charge is -2.33. The van der Waals surface area contributed by atoms with E-state index in [2.05, 4.69) is 11.8 Å². The van der Waals surface area contributed by atoms with E-state index in [9.17, 15) is 5.11 Å². The third-order valence-corrected chi connectivity index (χ3v) is 4.02. The quantitative estimate of drug-likeness (QED) is 0.754. The lowest BCUT2D eigenvalue weighted by Crippen LogP contribution is -2.39. The summed E-state index contributed by atoms with van der Waals surface area (Å²) in [6.45, 7) is 5.65. The summed E-state index contributed by atoms with van der Waals surface area (Å²) in [5, 5.41) is 9.87. The third kappa shape index (κ3) is 3.46. The Bertz CT molecular complexity index is 183. The van der Waals surface area contributed by atoms with Crippen LogP contribution in [0, 0.1) is 11.8 Å². The standard InChI is InChI=1S/C13H25NO/c1-2-3-11-6-8-14(9-7-11)10-13(15)12-4-5-12/h11-13,15H,2-10H2,1H3. The molecule has 1 aliphatic carbocycles. The molecular formula is C13H25NO. The largest absolute Gasteiger partial charge is 0.392 e. The molecule has 0 aromatic heterocycles. The lowest BCUT2D eigenvalue weighted by molar-refractivity contribution is 0.0746. The molecule has 2 heteroatoms. The number of piperidine rings is 1. The Morgan fingerprint density at radius 1 is 1.20 bits per heavy atom. The summed E-state index contributed by atoms with van der Waals surface area (Å²) in [6, 6.07) is 0. The van der Waals surface area contributed by atoms with Crippen molar-refractivity contribution >= 4 is 0 Å². The maximum atomic E-state index is 9.87. The monoisotopic (exact) mass is 211 g/mol. The van der Waals surface area contributed by atoms with E-state index in [-0.39, 0.29) is 6.10 Å². The van der Waals surface area contributed by atoms with Crippen molar-refractivity contribution in [1.82, 2.24) is 4.90 Å². The van der Waals surface area contributed by atoms with Crippen molar-refractivity contribution in [2.75, 3.05) is 19.6 Å². The molecule has 0 spiro atoms. The third-order valence-electron chi connectivity index (χ3n) is 4.02. The van der Waals surface area contributed by atoms with E-state index in [1.807, 2.05) is 0 Å². The Labute approximate surface area is 93.7 Å². The SMILES string of the molecule is CCCC1CCN(CC(O)C2CC2)CC1. The van der Waals surface area contributed by atoms with Crippen LogP contribution in [0.25, 0.3) is 0 Å². The molecule has 1 atom stereocenters. The van der Waals surface area contributed by atoms with Crippen LogP contribution in [0.4, 0.5) is 0 Å². The number of aliphatic hydroxyl groups excluding tert-OH is 1. The average Bonchev–Trinajstić information content (AvgIpc) is 3.04. The van der Waals surface area contributed by atoms with Crippen LogP contribution in [0.5, 0.6) is 0 Å². The Balaban J connectivity index is 1.64. The molecule has 2 aliphatic rings. The fourth-order valence-electron chi connectivity index (χ4n) is 2.76. The minimum absolute atomic E-state index is 0.0345. The summed E-state index contributed by atoms with van der Waals surface area (Å²) in [5.41, 5.74) is 0. The van der Waals surface area contributed by atoms with Gasteiger partial charge in [0.25, 0.3) is 0 Å². The van der Waals surface area contributed by atoms with Gasteiger partial charge in [0.1, 0.15) is 0 Å². The molecule has 1 saturated heterocycles. The highest BCUT2D eigenvalue weighted by molar-refractivity contribution is 4.84. The molecule has 1 aliphatic heterocycles. The maximum absolute atomic E-state index is 9.87. The van der Waals surface area contributed by atoms with Gasteiger partial charge >= 0.3 is 0 Å². The van der Waals surface area contributed by atoms with Crippen molar-refractivity contribution in [1.29, 1.82) is 0 Å². The van der Waals surface area contributed by atoms with Gasteiger partial charge in [-0.05, 0) is 50.6 Å². The Hall–Kier alpha value is -0.0800. The Kier molecular flexibility index (Phi) is 4.04. The summed E-state index contributed by atoms with van der Waals surface area (Å²) in [4.78, 5) is 2.47. The molecule has 1 N–H and O–H groups in total. The normalized spacial score (nSPS) is 26.8. The van der Waals surface area contributed by atoms with Gasteiger partial charge in [0.15, 0.2) is 0 Å². The van der Waals surface area contributed by atoms with E-state index >= 15 is 0 Å². The highest BCUT2D eigenvalue weighted by Gasteiger charge is 2.31. The van der Waals surface area contributed by atoms with Crippen LogP contribution < -0.4 is 0 Å². The topological polar surface area (TPSA) is 23.5 Å². The van der Waals surface area contributed by atoms with E-state index in [0.717, 1.165) is 12.5 Å². The second-order valence-corrected chi connectivity index (χ2v) is 5.44. The molecule has 2 nitrogen and oxygen atoms in total. The lowest BCUT2D eigenvalue weighted by atomic mass is 9.92. The van der Waals surface area contributed by atoms with E-state index in [0.29, 0.717) is 5.92 Å². The van der Waals surface area contributed by atoms with E-state index in [1.54, 1.807) is 0 Å². The van der Waals surface area contributed by atoms with E-state index in [1.165, 1.54) is 51.6 Å². The second kappa shape index (κ2) is 5.31. The fraction of sp³-hybridized carbons (Fsp3) is 1.00. The zero-order valence-electron chi connectivity index (χ0n) is 9.99. The molecule has 15 heavy (non-hydrogen) atoms. The van der Waals surface area contributed by atoms with Crippen molar-refractivity contribution in [2.45, 2.75) is 51.6 Å². The second-order valence-electron chi connectivity index (χ2n) is 5.44. The van der Waals surface area contributed by atoms with Crippen LogP contribution in [0.15, 0.2) is 0 Å². The van der Waals surface area contributed by atoms with Gasteiger partial charge in [-0.1, -0.05) is 19.8 Å². The number of likely N-dealkylation sites (tertiary alicyclic amines) is 1. The summed E-state index contributed by atoms with van der Waals surface area (Å²) < 4.78 is 0. The van der Waals surface area contributed by atoms with Crippen LogP contribution in [0.3, 0.4) is 0 Å². The molecule has 0 amide bonds. The number of β-amino-alcohol motifs (C(OH)–C–C–N with tert-alkyl or cyclic N) is 1. The molecule has 2 rings (SSSR count). The maximum Gasteiger partial charge on any atom is 0.0695 e. The molecule has 0 aromatic carbocycles. The van der Waals surface area contributed by atoms with Gasteiger partial charge in [-0.3, -0.25) is 0 Å². The van der Waals surface area contributed by atoms with Crippen LogP contribution in [-0.4, -0.2) is 35.7 Å². The van der Waals surface area contributed by atoms with Crippen LogP contribution >= 0.6 is 0 Å². The Morgan fingerprint density at radius 3 is 2.40 bits per heavy atom. The van der Waals surface area contributed by atoms with Crippen molar-refractivity contribution in [3.05, 3.63) is 0 Å². The van der Waals surface area contributed by atoms with E-state index in [4.69, 9.17) is 0 Å². The summed E-state index contributed by atoms with van der Waals surface area (Å²) >= 11 is 0. The Morgan fingerprint density at radius 2 is 1.87 bits per heavy atom. The number of hydrogen-bond acceptors (Lipinski definition) is 2. The van der Waals surface area contributed by atoms with Crippen LogP contribution in [0.2, 0.25) is 0 Å². The van der Waals surface area contributed by atoms with Gasteiger partial charge < -0.3 is 10.0 Å². The number of hydrogen-bond donors (Lipinski definition) is 1. The predicted molar refractivity (Wildman–Crippen MR) is 62.8 cm³/mol. The first-order valence-corrected chi connectivity index (χ1v) is 6.70. The first-order chi connectivity index (χ1) is 7.29. The van der Waals surface area contributed by atoms with Gasteiger partial charge in [0.05, 0.1) is 6.10 Å².